The number of rotatable bonds is 5. The summed E-state index contributed by atoms with van der Waals surface area (Å²) in [5.41, 5.74) is 1.34. The van der Waals surface area contributed by atoms with Crippen LogP contribution in [0.15, 0.2) is 21.9 Å². The molecule has 26 heavy (non-hydrogen) atoms. The monoisotopic (exact) mass is 378 g/mol. The number of fused-ring (bicyclic) bond motifs is 1. The number of Topliss-reactive ketones (excluding diaryl/α,β-unsaturated/α-hetero) is 1. The van der Waals surface area contributed by atoms with Gasteiger partial charge in [-0.1, -0.05) is 30.8 Å². The van der Waals surface area contributed by atoms with Crippen LogP contribution in [0.25, 0.3) is 0 Å². The van der Waals surface area contributed by atoms with Crippen molar-refractivity contribution in [1.29, 1.82) is 0 Å². The molecule has 2 aliphatic carbocycles. The molecule has 144 valence electrons. The average molecular weight is 379 g/mol. The molecule has 1 atom stereocenters. The first kappa shape index (κ1) is 20.6. The Balaban J connectivity index is 2.65. The zero-order chi connectivity index (χ0) is 19.9. The van der Waals surface area contributed by atoms with E-state index in [0.29, 0.717) is 0 Å². The molecule has 1 unspecified atom stereocenters. The largest absolute Gasteiger partial charge is 0.465 e. The lowest BCUT2D eigenvalue weighted by molar-refractivity contribution is -0.171. The number of hydrogen-bond acceptors (Lipinski definition) is 5. The fourth-order valence-corrected chi connectivity index (χ4v) is 6.34. The predicted octanol–water partition coefficient (Wildman–Crippen LogP) is 3.60. The molecule has 2 rings (SSSR count). The molecule has 0 saturated heterocycles. The highest BCUT2D eigenvalue weighted by molar-refractivity contribution is 6.88. The third-order valence-electron chi connectivity index (χ3n) is 5.23. The summed E-state index contributed by atoms with van der Waals surface area (Å²) in [5.74, 6) is -1.12. The molecular formula is C20H30O5Si. The van der Waals surface area contributed by atoms with E-state index in [9.17, 15) is 14.4 Å². The Kier molecular flexibility index (Phi) is 5.66. The number of hydrogen-bond donors (Lipinski definition) is 0. The predicted molar refractivity (Wildman–Crippen MR) is 102 cm³/mol. The van der Waals surface area contributed by atoms with E-state index in [4.69, 9.17) is 9.47 Å². The summed E-state index contributed by atoms with van der Waals surface area (Å²) in [6.07, 6.45) is 0.498. The fraction of sp³-hybridized carbons (Fsp3) is 0.650. The van der Waals surface area contributed by atoms with Crippen molar-refractivity contribution in [3.05, 3.63) is 21.9 Å². The summed E-state index contributed by atoms with van der Waals surface area (Å²) in [6, 6.07) is 0. The topological polar surface area (TPSA) is 69.7 Å². The number of ketones is 1. The maximum Gasteiger partial charge on any atom is 0.323 e. The molecule has 0 aromatic heterocycles. The third-order valence-corrected chi connectivity index (χ3v) is 7.28. The lowest BCUT2D eigenvalue weighted by Gasteiger charge is -2.26. The Bertz CT molecular complexity index is 686. The second-order valence-electron chi connectivity index (χ2n) is 8.35. The summed E-state index contributed by atoms with van der Waals surface area (Å²) < 4.78 is 10.5. The maximum atomic E-state index is 13.1. The molecule has 1 saturated carbocycles. The zero-order valence-corrected chi connectivity index (χ0v) is 17.9. The van der Waals surface area contributed by atoms with Gasteiger partial charge in [-0.2, -0.15) is 0 Å². The first-order chi connectivity index (χ1) is 12.0. The Hall–Kier alpha value is -1.69. The molecule has 5 nitrogen and oxygen atoms in total. The number of ether oxygens (including phenoxy) is 2. The Labute approximate surface area is 156 Å². The Morgan fingerprint density at radius 2 is 1.58 bits per heavy atom. The molecule has 0 aromatic carbocycles. The molecule has 0 amide bonds. The molecule has 0 aromatic rings. The molecule has 2 aliphatic rings. The average Bonchev–Trinajstić information content (AvgIpc) is 2.99. The summed E-state index contributed by atoms with van der Waals surface area (Å²) in [5, 5.41) is 0.870. The minimum Gasteiger partial charge on any atom is -0.465 e. The lowest BCUT2D eigenvalue weighted by atomic mass is 9.82. The van der Waals surface area contributed by atoms with Gasteiger partial charge in [-0.05, 0) is 45.7 Å². The fourth-order valence-electron chi connectivity index (χ4n) is 4.30. The van der Waals surface area contributed by atoms with Crippen molar-refractivity contribution in [3.8, 4) is 0 Å². The van der Waals surface area contributed by atoms with E-state index in [1.54, 1.807) is 13.8 Å². The van der Waals surface area contributed by atoms with Gasteiger partial charge in [-0.25, -0.2) is 0 Å². The van der Waals surface area contributed by atoms with Gasteiger partial charge in [0.05, 0.1) is 21.3 Å². The molecule has 0 heterocycles. The third kappa shape index (κ3) is 3.19. The summed E-state index contributed by atoms with van der Waals surface area (Å²) in [7, 11) is -1.94. The molecule has 0 N–H and O–H groups in total. The molecule has 0 aliphatic heterocycles. The van der Waals surface area contributed by atoms with E-state index >= 15 is 0 Å². The van der Waals surface area contributed by atoms with Crippen molar-refractivity contribution in [3.63, 3.8) is 0 Å². The molecule has 0 bridgehead atoms. The van der Waals surface area contributed by atoms with E-state index in [2.05, 4.69) is 19.6 Å². The molecule has 0 spiro atoms. The summed E-state index contributed by atoms with van der Waals surface area (Å²) >= 11 is 0. The van der Waals surface area contributed by atoms with E-state index in [1.165, 1.54) is 0 Å². The van der Waals surface area contributed by atoms with Crippen molar-refractivity contribution >= 4 is 25.8 Å². The smallest absolute Gasteiger partial charge is 0.323 e. The van der Waals surface area contributed by atoms with Gasteiger partial charge in [0, 0.05) is 11.5 Å². The van der Waals surface area contributed by atoms with Crippen LogP contribution in [0.3, 0.4) is 0 Å². The van der Waals surface area contributed by atoms with Crippen LogP contribution in [0.4, 0.5) is 0 Å². The first-order valence-electron chi connectivity index (χ1n) is 9.31. The van der Waals surface area contributed by atoms with Crippen molar-refractivity contribution in [2.24, 2.45) is 11.3 Å². The van der Waals surface area contributed by atoms with E-state index in [1.807, 2.05) is 13.8 Å². The standard InChI is InChI=1S/C20H30O5Si/c1-8-24-18(22)20(19(23)25-9-2)10-13-14(11-20)17(26(5,6)7)16(21)15(13)12(3)4/h13H,8-11H2,1-7H3. The summed E-state index contributed by atoms with van der Waals surface area (Å²) in [6.45, 7) is 14.1. The molecule has 0 radical (unpaired) electrons. The van der Waals surface area contributed by atoms with E-state index in [-0.39, 0.29) is 37.8 Å². The van der Waals surface area contributed by atoms with E-state index in [0.717, 1.165) is 21.9 Å². The number of carbonyl (C=O) groups is 3. The highest BCUT2D eigenvalue weighted by Crippen LogP contribution is 2.56. The van der Waals surface area contributed by atoms with Gasteiger partial charge in [0.25, 0.3) is 0 Å². The van der Waals surface area contributed by atoms with Crippen LogP contribution >= 0.6 is 0 Å². The van der Waals surface area contributed by atoms with Gasteiger partial charge in [0.15, 0.2) is 11.2 Å². The van der Waals surface area contributed by atoms with Gasteiger partial charge < -0.3 is 9.47 Å². The van der Waals surface area contributed by atoms with Gasteiger partial charge in [0.1, 0.15) is 0 Å². The van der Waals surface area contributed by atoms with Crippen LogP contribution in [0.2, 0.25) is 19.6 Å². The van der Waals surface area contributed by atoms with Gasteiger partial charge in [-0.3, -0.25) is 14.4 Å². The van der Waals surface area contributed by atoms with Crippen LogP contribution in [0.1, 0.15) is 40.5 Å². The Morgan fingerprint density at radius 3 is 1.96 bits per heavy atom. The van der Waals surface area contributed by atoms with Crippen molar-refractivity contribution in [1.82, 2.24) is 0 Å². The van der Waals surface area contributed by atoms with Crippen LogP contribution < -0.4 is 0 Å². The molecular weight excluding hydrogens is 348 g/mol. The van der Waals surface area contributed by atoms with Crippen LogP contribution in [-0.4, -0.2) is 39.0 Å². The highest BCUT2D eigenvalue weighted by atomic mass is 28.3. The minimum atomic E-state index is -1.94. The summed E-state index contributed by atoms with van der Waals surface area (Å²) in [4.78, 5) is 38.7. The SMILES string of the molecule is CCOC(=O)C1(C(=O)OCC)CC2=C([Si](C)(C)C)C(=O)C(=C(C)C)C2C1. The van der Waals surface area contributed by atoms with Crippen LogP contribution in [0, 0.1) is 11.3 Å². The van der Waals surface area contributed by atoms with Gasteiger partial charge in [-0.15, -0.1) is 0 Å². The zero-order valence-electron chi connectivity index (χ0n) is 16.9. The van der Waals surface area contributed by atoms with Gasteiger partial charge in [0.2, 0.25) is 0 Å². The van der Waals surface area contributed by atoms with Crippen molar-refractivity contribution in [2.75, 3.05) is 13.2 Å². The van der Waals surface area contributed by atoms with Crippen LogP contribution in [-0.2, 0) is 23.9 Å². The first-order valence-corrected chi connectivity index (χ1v) is 12.8. The number of carbonyl (C=O) groups excluding carboxylic acids is 3. The second kappa shape index (κ2) is 7.14. The molecule has 1 fully saturated rings. The molecule has 6 heteroatoms. The quantitative estimate of drug-likeness (QED) is 0.316. The minimum absolute atomic E-state index is 0.116. The van der Waals surface area contributed by atoms with Crippen molar-refractivity contribution < 1.29 is 23.9 Å². The highest BCUT2D eigenvalue weighted by Gasteiger charge is 2.60. The van der Waals surface area contributed by atoms with Gasteiger partial charge >= 0.3 is 11.9 Å². The van der Waals surface area contributed by atoms with Crippen molar-refractivity contribution in [2.45, 2.75) is 60.2 Å². The number of allylic oxidation sites excluding steroid dienone is 4. The van der Waals surface area contributed by atoms with E-state index < -0.39 is 25.4 Å². The second-order valence-corrected chi connectivity index (χ2v) is 13.3. The number of esters is 2. The lowest BCUT2D eigenvalue weighted by Crippen LogP contribution is -2.41. The Morgan fingerprint density at radius 1 is 1.08 bits per heavy atom. The van der Waals surface area contributed by atoms with Crippen LogP contribution in [0.5, 0.6) is 0 Å². The normalized spacial score (nSPS) is 21.7. The maximum absolute atomic E-state index is 13.1.